The first-order valence-electron chi connectivity index (χ1n) is 6.79. The average molecular weight is 340 g/mol. The Balaban J connectivity index is 2.07. The highest BCUT2D eigenvalue weighted by atomic mass is 79.9. The number of aromatic nitrogens is 2. The van der Waals surface area contributed by atoms with Crippen LogP contribution in [0, 0.1) is 5.82 Å². The van der Waals surface area contributed by atoms with Gasteiger partial charge in [0, 0.05) is 27.8 Å². The molecule has 2 aromatic rings. The Morgan fingerprint density at radius 2 is 2.25 bits per heavy atom. The third-order valence-electron chi connectivity index (χ3n) is 3.19. The highest BCUT2D eigenvalue weighted by molar-refractivity contribution is 9.10. The van der Waals surface area contributed by atoms with Gasteiger partial charge >= 0.3 is 0 Å². The van der Waals surface area contributed by atoms with Crippen LogP contribution in [0.15, 0.2) is 35.1 Å². The molecule has 0 fully saturated rings. The summed E-state index contributed by atoms with van der Waals surface area (Å²) in [5, 5.41) is 7.72. The van der Waals surface area contributed by atoms with Crippen LogP contribution in [0.4, 0.5) is 4.39 Å². The fourth-order valence-corrected chi connectivity index (χ4v) is 2.42. The number of hydrogen-bond acceptors (Lipinski definition) is 2. The maximum Gasteiger partial charge on any atom is 0.128 e. The molecule has 1 heterocycles. The van der Waals surface area contributed by atoms with E-state index < -0.39 is 0 Å². The molecular formula is C15H19BrFN3. The standard InChI is InChI=1S/C15H19BrFN3/c1-3-6-18-11(2)13-8-19-20(10-13)9-12-7-14(16)4-5-15(12)17/h4-5,7-8,10-11,18H,3,6,9H2,1-2H3. The predicted molar refractivity (Wildman–Crippen MR) is 82.1 cm³/mol. The third kappa shape index (κ3) is 3.90. The van der Waals surface area contributed by atoms with Crippen LogP contribution in [0.1, 0.15) is 37.4 Å². The molecule has 1 atom stereocenters. The summed E-state index contributed by atoms with van der Waals surface area (Å²) in [6, 6.07) is 5.21. The topological polar surface area (TPSA) is 29.9 Å². The molecule has 0 saturated heterocycles. The quantitative estimate of drug-likeness (QED) is 0.865. The van der Waals surface area contributed by atoms with Crippen LogP contribution < -0.4 is 5.32 Å². The minimum Gasteiger partial charge on any atom is -0.310 e. The van der Waals surface area contributed by atoms with Gasteiger partial charge in [0.2, 0.25) is 0 Å². The lowest BCUT2D eigenvalue weighted by Crippen LogP contribution is -2.18. The fourth-order valence-electron chi connectivity index (χ4n) is 2.01. The fraction of sp³-hybridized carbons (Fsp3) is 0.400. The monoisotopic (exact) mass is 339 g/mol. The molecular weight excluding hydrogens is 321 g/mol. The zero-order valence-electron chi connectivity index (χ0n) is 11.7. The molecule has 1 N–H and O–H groups in total. The van der Waals surface area contributed by atoms with E-state index in [0.29, 0.717) is 12.1 Å². The Bertz CT molecular complexity index is 568. The van der Waals surface area contributed by atoms with E-state index in [2.05, 4.69) is 40.2 Å². The SMILES string of the molecule is CCCNC(C)c1cnn(Cc2cc(Br)ccc2F)c1. The molecule has 108 valence electrons. The van der Waals surface area contributed by atoms with Crippen LogP contribution in [0.5, 0.6) is 0 Å². The van der Waals surface area contributed by atoms with Gasteiger partial charge in [-0.2, -0.15) is 5.10 Å². The van der Waals surface area contributed by atoms with Gasteiger partial charge in [0.25, 0.3) is 0 Å². The van der Waals surface area contributed by atoms with Gasteiger partial charge in [0.15, 0.2) is 0 Å². The van der Waals surface area contributed by atoms with Crippen molar-refractivity contribution < 1.29 is 4.39 Å². The van der Waals surface area contributed by atoms with E-state index in [1.807, 2.05) is 12.4 Å². The summed E-state index contributed by atoms with van der Waals surface area (Å²) in [6.07, 6.45) is 4.90. The van der Waals surface area contributed by atoms with Gasteiger partial charge in [-0.25, -0.2) is 4.39 Å². The Morgan fingerprint density at radius 3 is 3.00 bits per heavy atom. The Morgan fingerprint density at radius 1 is 1.45 bits per heavy atom. The molecule has 0 bridgehead atoms. The molecule has 0 saturated carbocycles. The summed E-state index contributed by atoms with van der Waals surface area (Å²) in [5.41, 5.74) is 1.75. The van der Waals surface area contributed by atoms with Gasteiger partial charge < -0.3 is 5.32 Å². The highest BCUT2D eigenvalue weighted by Crippen LogP contribution is 2.17. The zero-order valence-corrected chi connectivity index (χ0v) is 13.3. The van der Waals surface area contributed by atoms with Gasteiger partial charge in [-0.05, 0) is 38.1 Å². The molecule has 0 aliphatic rings. The van der Waals surface area contributed by atoms with E-state index in [0.717, 1.165) is 23.0 Å². The summed E-state index contributed by atoms with van der Waals surface area (Å²) >= 11 is 3.36. The second-order valence-electron chi connectivity index (χ2n) is 4.88. The van der Waals surface area contributed by atoms with Gasteiger partial charge in [-0.15, -0.1) is 0 Å². The first-order valence-corrected chi connectivity index (χ1v) is 7.59. The molecule has 0 aliphatic carbocycles. The van der Waals surface area contributed by atoms with Crippen molar-refractivity contribution in [3.63, 3.8) is 0 Å². The second-order valence-corrected chi connectivity index (χ2v) is 5.80. The lowest BCUT2D eigenvalue weighted by molar-refractivity contribution is 0.567. The molecule has 1 aromatic carbocycles. The molecule has 0 spiro atoms. The van der Waals surface area contributed by atoms with Crippen molar-refractivity contribution in [3.05, 3.63) is 52.0 Å². The third-order valence-corrected chi connectivity index (χ3v) is 3.69. The largest absolute Gasteiger partial charge is 0.310 e. The minimum atomic E-state index is -0.206. The van der Waals surface area contributed by atoms with Crippen molar-refractivity contribution in [2.75, 3.05) is 6.54 Å². The van der Waals surface area contributed by atoms with Crippen molar-refractivity contribution in [3.8, 4) is 0 Å². The number of nitrogens with one attached hydrogen (secondary N) is 1. The van der Waals surface area contributed by atoms with E-state index in [1.54, 1.807) is 16.8 Å². The Hall–Kier alpha value is -1.20. The van der Waals surface area contributed by atoms with Crippen LogP contribution in [-0.2, 0) is 6.54 Å². The number of hydrogen-bond donors (Lipinski definition) is 1. The molecule has 1 aromatic heterocycles. The summed E-state index contributed by atoms with van der Waals surface area (Å²) in [6.45, 7) is 5.66. The minimum absolute atomic E-state index is 0.206. The average Bonchev–Trinajstić information content (AvgIpc) is 2.89. The van der Waals surface area contributed by atoms with Gasteiger partial charge in [0.1, 0.15) is 5.82 Å². The van der Waals surface area contributed by atoms with Crippen molar-refractivity contribution in [1.82, 2.24) is 15.1 Å². The van der Waals surface area contributed by atoms with Gasteiger partial charge in [-0.1, -0.05) is 22.9 Å². The second kappa shape index (κ2) is 6.99. The van der Waals surface area contributed by atoms with E-state index in [1.165, 1.54) is 6.07 Å². The molecule has 0 radical (unpaired) electrons. The van der Waals surface area contributed by atoms with E-state index >= 15 is 0 Å². The van der Waals surface area contributed by atoms with Gasteiger partial charge in [-0.3, -0.25) is 4.68 Å². The molecule has 1 unspecified atom stereocenters. The molecule has 20 heavy (non-hydrogen) atoms. The van der Waals surface area contributed by atoms with E-state index in [-0.39, 0.29) is 11.9 Å². The van der Waals surface area contributed by atoms with Crippen molar-refractivity contribution >= 4 is 15.9 Å². The van der Waals surface area contributed by atoms with Crippen LogP contribution in [0.25, 0.3) is 0 Å². The van der Waals surface area contributed by atoms with Crippen LogP contribution in [-0.4, -0.2) is 16.3 Å². The van der Waals surface area contributed by atoms with Crippen molar-refractivity contribution in [2.45, 2.75) is 32.9 Å². The summed E-state index contributed by atoms with van der Waals surface area (Å²) in [7, 11) is 0. The van der Waals surface area contributed by atoms with Crippen LogP contribution >= 0.6 is 15.9 Å². The number of halogens is 2. The molecule has 2 rings (SSSR count). The lowest BCUT2D eigenvalue weighted by atomic mass is 10.2. The lowest BCUT2D eigenvalue weighted by Gasteiger charge is -2.10. The first kappa shape index (κ1) is 15.2. The number of benzene rings is 1. The van der Waals surface area contributed by atoms with Crippen molar-refractivity contribution in [1.29, 1.82) is 0 Å². The first-order chi connectivity index (χ1) is 9.60. The van der Waals surface area contributed by atoms with E-state index in [4.69, 9.17) is 0 Å². The highest BCUT2D eigenvalue weighted by Gasteiger charge is 2.09. The maximum absolute atomic E-state index is 13.7. The zero-order chi connectivity index (χ0) is 14.5. The Labute approximate surface area is 127 Å². The number of nitrogens with zero attached hydrogens (tertiary/aromatic N) is 2. The smallest absolute Gasteiger partial charge is 0.128 e. The summed E-state index contributed by atoms with van der Waals surface area (Å²) in [4.78, 5) is 0. The molecule has 5 heteroatoms. The summed E-state index contributed by atoms with van der Waals surface area (Å²) < 4.78 is 16.4. The molecule has 3 nitrogen and oxygen atoms in total. The van der Waals surface area contributed by atoms with Gasteiger partial charge in [0.05, 0.1) is 12.7 Å². The molecule has 0 amide bonds. The maximum atomic E-state index is 13.7. The number of rotatable bonds is 6. The normalized spacial score (nSPS) is 12.6. The summed E-state index contributed by atoms with van der Waals surface area (Å²) in [5.74, 6) is -0.206. The van der Waals surface area contributed by atoms with E-state index in [9.17, 15) is 4.39 Å². The Kier molecular flexibility index (Phi) is 5.31. The van der Waals surface area contributed by atoms with Crippen LogP contribution in [0.2, 0.25) is 0 Å². The molecule has 0 aliphatic heterocycles. The van der Waals surface area contributed by atoms with Crippen molar-refractivity contribution in [2.24, 2.45) is 0 Å². The van der Waals surface area contributed by atoms with Crippen LogP contribution in [0.3, 0.4) is 0 Å². The predicted octanol–water partition coefficient (Wildman–Crippen LogP) is 3.89.